The molecular formula is C24H19FN2O3. The molecule has 0 bridgehead atoms. The third kappa shape index (κ3) is 4.38. The van der Waals surface area contributed by atoms with E-state index < -0.39 is 5.82 Å². The fraction of sp³-hybridized carbons (Fsp3) is 0.0833. The van der Waals surface area contributed by atoms with Crippen LogP contribution in [0.4, 0.5) is 10.1 Å². The van der Waals surface area contributed by atoms with Crippen LogP contribution in [0.2, 0.25) is 0 Å². The lowest BCUT2D eigenvalue weighted by molar-refractivity contribution is -0.118. The minimum Gasteiger partial charge on any atom is -0.497 e. The molecule has 0 spiro atoms. The second-order valence-corrected chi connectivity index (χ2v) is 6.60. The molecule has 0 saturated heterocycles. The number of carbonyl (C=O) groups excluding carboxylic acids is 1. The lowest BCUT2D eigenvalue weighted by atomic mass is 10.1. The van der Waals surface area contributed by atoms with E-state index >= 15 is 0 Å². The minimum absolute atomic E-state index is 0.226. The van der Waals surface area contributed by atoms with E-state index in [1.54, 1.807) is 43.5 Å². The van der Waals surface area contributed by atoms with Gasteiger partial charge in [-0.15, -0.1) is 0 Å². The number of benzene rings is 3. The summed E-state index contributed by atoms with van der Waals surface area (Å²) >= 11 is 0. The second-order valence-electron chi connectivity index (χ2n) is 6.60. The van der Waals surface area contributed by atoms with E-state index in [0.717, 1.165) is 5.56 Å². The number of nitrogens with zero attached hydrogens (tertiary/aromatic N) is 1. The van der Waals surface area contributed by atoms with Crippen molar-refractivity contribution >= 4 is 22.5 Å². The molecular weight excluding hydrogens is 383 g/mol. The third-order valence-electron chi connectivity index (χ3n) is 4.53. The summed E-state index contributed by atoms with van der Waals surface area (Å²) in [5, 5.41) is 3.27. The Bertz CT molecular complexity index is 1180. The monoisotopic (exact) mass is 402 g/mol. The highest BCUT2D eigenvalue weighted by Crippen LogP contribution is 2.30. The first kappa shape index (κ1) is 19.4. The highest BCUT2D eigenvalue weighted by Gasteiger charge is 2.12. The number of anilines is 1. The molecule has 5 nitrogen and oxygen atoms in total. The van der Waals surface area contributed by atoms with Gasteiger partial charge in [0.15, 0.2) is 6.61 Å². The Labute approximate surface area is 173 Å². The van der Waals surface area contributed by atoms with E-state index in [9.17, 15) is 9.18 Å². The first-order valence-electron chi connectivity index (χ1n) is 9.35. The maximum atomic E-state index is 13.8. The average Bonchev–Trinajstić information content (AvgIpc) is 2.78. The standard InChI is InChI=1S/C24H19FN2O3/c1-29-19-10-8-18(9-11-19)26-24(28)15-30-23-14-22(16-5-3-2-4-6-16)27-21-12-7-17(25)13-20(21)23/h2-14H,15H2,1H3,(H,26,28). The number of ether oxygens (including phenoxy) is 2. The van der Waals surface area contributed by atoms with Gasteiger partial charge in [0.05, 0.1) is 18.3 Å². The summed E-state index contributed by atoms with van der Waals surface area (Å²) in [4.78, 5) is 16.9. The quantitative estimate of drug-likeness (QED) is 0.489. The van der Waals surface area contributed by atoms with Gasteiger partial charge < -0.3 is 14.8 Å². The number of hydrogen-bond donors (Lipinski definition) is 1. The fourth-order valence-electron chi connectivity index (χ4n) is 3.06. The zero-order chi connectivity index (χ0) is 20.9. The molecule has 6 heteroatoms. The molecule has 1 N–H and O–H groups in total. The summed E-state index contributed by atoms with van der Waals surface area (Å²) < 4.78 is 24.7. The van der Waals surface area contributed by atoms with Crippen LogP contribution in [0.25, 0.3) is 22.2 Å². The predicted molar refractivity (Wildman–Crippen MR) is 114 cm³/mol. The van der Waals surface area contributed by atoms with Crippen molar-refractivity contribution in [3.05, 3.63) is 84.7 Å². The summed E-state index contributed by atoms with van der Waals surface area (Å²) in [5.41, 5.74) is 2.79. The SMILES string of the molecule is COc1ccc(NC(=O)COc2cc(-c3ccccc3)nc3ccc(F)cc23)cc1. The molecule has 4 rings (SSSR count). The number of aromatic nitrogens is 1. The van der Waals surface area contributed by atoms with Crippen LogP contribution in [0, 0.1) is 5.82 Å². The Balaban J connectivity index is 1.57. The lowest BCUT2D eigenvalue weighted by Gasteiger charge is -2.12. The molecule has 3 aromatic carbocycles. The Morgan fingerprint density at radius 3 is 2.50 bits per heavy atom. The highest BCUT2D eigenvalue weighted by molar-refractivity contribution is 5.93. The topological polar surface area (TPSA) is 60.5 Å². The molecule has 4 aromatic rings. The van der Waals surface area contributed by atoms with Crippen LogP contribution < -0.4 is 14.8 Å². The smallest absolute Gasteiger partial charge is 0.262 e. The minimum atomic E-state index is -0.399. The molecule has 30 heavy (non-hydrogen) atoms. The molecule has 1 heterocycles. The van der Waals surface area contributed by atoms with E-state index in [2.05, 4.69) is 10.3 Å². The molecule has 0 aliphatic rings. The van der Waals surface area contributed by atoms with E-state index in [-0.39, 0.29) is 12.5 Å². The van der Waals surface area contributed by atoms with Crippen molar-refractivity contribution in [1.29, 1.82) is 0 Å². The van der Waals surface area contributed by atoms with Crippen molar-refractivity contribution < 1.29 is 18.7 Å². The maximum Gasteiger partial charge on any atom is 0.262 e. The van der Waals surface area contributed by atoms with E-state index in [4.69, 9.17) is 9.47 Å². The Kier molecular flexibility index (Phi) is 5.57. The van der Waals surface area contributed by atoms with Crippen LogP contribution >= 0.6 is 0 Å². The molecule has 0 aliphatic carbocycles. The number of hydrogen-bond acceptors (Lipinski definition) is 4. The zero-order valence-electron chi connectivity index (χ0n) is 16.3. The van der Waals surface area contributed by atoms with Crippen molar-refractivity contribution in [1.82, 2.24) is 4.98 Å². The van der Waals surface area contributed by atoms with Crippen LogP contribution in [-0.2, 0) is 4.79 Å². The highest BCUT2D eigenvalue weighted by atomic mass is 19.1. The van der Waals surface area contributed by atoms with Crippen LogP contribution in [0.5, 0.6) is 11.5 Å². The number of methoxy groups -OCH3 is 1. The third-order valence-corrected chi connectivity index (χ3v) is 4.53. The van der Waals surface area contributed by atoms with E-state index in [0.29, 0.717) is 33.8 Å². The number of rotatable bonds is 6. The molecule has 0 atom stereocenters. The summed E-state index contributed by atoms with van der Waals surface area (Å²) in [7, 11) is 1.58. The first-order valence-corrected chi connectivity index (χ1v) is 9.35. The van der Waals surface area contributed by atoms with Crippen LogP contribution in [0.15, 0.2) is 78.9 Å². The van der Waals surface area contributed by atoms with E-state index in [1.807, 2.05) is 30.3 Å². The Hall–Kier alpha value is -3.93. The Morgan fingerprint density at radius 2 is 1.77 bits per heavy atom. The molecule has 150 valence electrons. The predicted octanol–water partition coefficient (Wildman–Crippen LogP) is 5.07. The summed E-state index contributed by atoms with van der Waals surface area (Å²) in [6.45, 7) is -0.226. The van der Waals surface area contributed by atoms with Crippen molar-refractivity contribution in [3.63, 3.8) is 0 Å². The maximum absolute atomic E-state index is 13.8. The fourth-order valence-corrected chi connectivity index (χ4v) is 3.06. The number of amides is 1. The van der Waals surface area contributed by atoms with Gasteiger partial charge in [-0.1, -0.05) is 30.3 Å². The van der Waals surface area contributed by atoms with Gasteiger partial charge in [0.2, 0.25) is 0 Å². The van der Waals surface area contributed by atoms with Crippen molar-refractivity contribution in [2.45, 2.75) is 0 Å². The van der Waals surface area contributed by atoms with Gasteiger partial charge in [-0.3, -0.25) is 4.79 Å². The van der Waals surface area contributed by atoms with Crippen LogP contribution in [-0.4, -0.2) is 24.6 Å². The summed E-state index contributed by atoms with van der Waals surface area (Å²) in [6, 6.07) is 22.6. The number of pyridine rings is 1. The van der Waals surface area contributed by atoms with Gasteiger partial charge in [0, 0.05) is 22.7 Å². The number of fused-ring (bicyclic) bond motifs is 1. The molecule has 0 saturated carbocycles. The van der Waals surface area contributed by atoms with Crippen LogP contribution in [0.1, 0.15) is 0 Å². The van der Waals surface area contributed by atoms with Crippen molar-refractivity contribution in [2.75, 3.05) is 19.0 Å². The molecule has 0 unspecified atom stereocenters. The van der Waals surface area contributed by atoms with Gasteiger partial charge in [-0.05, 0) is 42.5 Å². The van der Waals surface area contributed by atoms with Crippen LogP contribution in [0.3, 0.4) is 0 Å². The average molecular weight is 402 g/mol. The van der Waals surface area contributed by atoms with Crippen molar-refractivity contribution in [2.24, 2.45) is 0 Å². The summed E-state index contributed by atoms with van der Waals surface area (Å²) in [6.07, 6.45) is 0. The summed E-state index contributed by atoms with van der Waals surface area (Å²) in [5.74, 6) is 0.360. The van der Waals surface area contributed by atoms with Gasteiger partial charge in [-0.25, -0.2) is 9.37 Å². The Morgan fingerprint density at radius 1 is 1.00 bits per heavy atom. The molecule has 1 aromatic heterocycles. The van der Waals surface area contributed by atoms with Gasteiger partial charge in [-0.2, -0.15) is 0 Å². The van der Waals surface area contributed by atoms with E-state index in [1.165, 1.54) is 12.1 Å². The van der Waals surface area contributed by atoms with Crippen molar-refractivity contribution in [3.8, 4) is 22.8 Å². The number of nitrogens with one attached hydrogen (secondary N) is 1. The second kappa shape index (κ2) is 8.61. The largest absolute Gasteiger partial charge is 0.497 e. The lowest BCUT2D eigenvalue weighted by Crippen LogP contribution is -2.20. The van der Waals surface area contributed by atoms with Gasteiger partial charge in [0.25, 0.3) is 5.91 Å². The number of carbonyl (C=O) groups is 1. The molecule has 0 radical (unpaired) electrons. The number of halogens is 1. The zero-order valence-corrected chi connectivity index (χ0v) is 16.3. The van der Waals surface area contributed by atoms with Gasteiger partial charge >= 0.3 is 0 Å². The molecule has 0 fully saturated rings. The molecule has 1 amide bonds. The normalized spacial score (nSPS) is 10.6. The molecule has 0 aliphatic heterocycles. The first-order chi connectivity index (χ1) is 14.6. The van der Waals surface area contributed by atoms with Gasteiger partial charge in [0.1, 0.15) is 17.3 Å².